The molecule has 0 aliphatic carbocycles. The summed E-state index contributed by atoms with van der Waals surface area (Å²) in [5.41, 5.74) is 3.44. The van der Waals surface area contributed by atoms with Gasteiger partial charge in [-0.15, -0.1) is 0 Å². The van der Waals surface area contributed by atoms with E-state index in [1.54, 1.807) is 7.11 Å². The summed E-state index contributed by atoms with van der Waals surface area (Å²) in [5, 5.41) is 0. The van der Waals surface area contributed by atoms with Gasteiger partial charge in [0.05, 0.1) is 20.3 Å². The molecule has 1 aromatic rings. The van der Waals surface area contributed by atoms with Crippen LogP contribution in [0.1, 0.15) is 52.7 Å². The number of hydrogen-bond acceptors (Lipinski definition) is 2. The van der Waals surface area contributed by atoms with E-state index in [-0.39, 0.29) is 10.8 Å². The fourth-order valence-corrected chi connectivity index (χ4v) is 2.30. The number of methoxy groups -OCH3 is 1. The lowest BCUT2D eigenvalue weighted by Crippen LogP contribution is -2.21. The molecule has 0 amide bonds. The van der Waals surface area contributed by atoms with E-state index in [4.69, 9.17) is 9.47 Å². The molecule has 0 fully saturated rings. The van der Waals surface area contributed by atoms with Gasteiger partial charge in [-0.2, -0.15) is 0 Å². The van der Waals surface area contributed by atoms with Crippen LogP contribution < -0.4 is 0 Å². The van der Waals surface area contributed by atoms with Crippen LogP contribution in [-0.4, -0.2) is 20.3 Å². The third-order valence-corrected chi connectivity index (χ3v) is 3.55. The Bertz CT molecular complexity index is 554. The molecule has 0 aliphatic heterocycles. The van der Waals surface area contributed by atoms with E-state index in [1.165, 1.54) is 5.57 Å². The maximum atomic E-state index is 5.99. The largest absolute Gasteiger partial charge is 0.496 e. The lowest BCUT2D eigenvalue weighted by Gasteiger charge is -2.28. The molecule has 0 heterocycles. The molecule has 128 valence electrons. The van der Waals surface area contributed by atoms with Gasteiger partial charge in [-0.3, -0.25) is 0 Å². The molecule has 1 aromatic carbocycles. The highest BCUT2D eigenvalue weighted by atomic mass is 16.5. The molecule has 1 rings (SSSR count). The van der Waals surface area contributed by atoms with E-state index in [1.807, 2.05) is 18.2 Å². The van der Waals surface area contributed by atoms with Gasteiger partial charge in [0.15, 0.2) is 0 Å². The van der Waals surface area contributed by atoms with Crippen molar-refractivity contribution in [3.8, 4) is 0 Å². The molecular formula is C21H32O2. The normalized spacial score (nSPS) is 13.5. The van der Waals surface area contributed by atoms with Crippen molar-refractivity contribution in [1.29, 1.82) is 0 Å². The molecule has 0 saturated carbocycles. The van der Waals surface area contributed by atoms with E-state index in [0.29, 0.717) is 6.61 Å². The van der Waals surface area contributed by atoms with Crippen LogP contribution in [0.15, 0.2) is 36.4 Å². The maximum Gasteiger partial charge on any atom is 0.128 e. The predicted molar refractivity (Wildman–Crippen MR) is 100 cm³/mol. The average Bonchev–Trinajstić information content (AvgIpc) is 2.44. The summed E-state index contributed by atoms with van der Waals surface area (Å²) >= 11 is 0. The molecule has 0 N–H and O–H groups in total. The quantitative estimate of drug-likeness (QED) is 0.618. The smallest absolute Gasteiger partial charge is 0.128 e. The minimum absolute atomic E-state index is 0.0343. The summed E-state index contributed by atoms with van der Waals surface area (Å²) < 4.78 is 11.8. The Morgan fingerprint density at radius 1 is 1.13 bits per heavy atom. The Kier molecular flexibility index (Phi) is 6.64. The van der Waals surface area contributed by atoms with Gasteiger partial charge in [-0.05, 0) is 22.5 Å². The highest BCUT2D eigenvalue weighted by Gasteiger charge is 2.24. The minimum Gasteiger partial charge on any atom is -0.496 e. The second-order valence-corrected chi connectivity index (χ2v) is 8.14. The van der Waals surface area contributed by atoms with Gasteiger partial charge in [0.25, 0.3) is 0 Å². The Balaban J connectivity index is 3.21. The fourth-order valence-electron chi connectivity index (χ4n) is 2.30. The first kappa shape index (κ1) is 19.5. The third kappa shape index (κ3) is 6.23. The van der Waals surface area contributed by atoms with E-state index in [9.17, 15) is 0 Å². The van der Waals surface area contributed by atoms with Crippen LogP contribution in [0.25, 0.3) is 11.8 Å². The number of hydrogen-bond donors (Lipinski definition) is 0. The molecule has 23 heavy (non-hydrogen) atoms. The summed E-state index contributed by atoms with van der Waals surface area (Å²) in [6.45, 7) is 18.3. The second kappa shape index (κ2) is 7.83. The summed E-state index contributed by atoms with van der Waals surface area (Å²) in [4.78, 5) is 0. The van der Waals surface area contributed by atoms with Crippen molar-refractivity contribution in [3.63, 3.8) is 0 Å². The average molecular weight is 316 g/mol. The number of benzene rings is 1. The molecule has 0 unspecified atom stereocenters. The van der Waals surface area contributed by atoms with Crippen LogP contribution in [0.2, 0.25) is 0 Å². The topological polar surface area (TPSA) is 18.5 Å². The zero-order valence-electron chi connectivity index (χ0n) is 15.8. The van der Waals surface area contributed by atoms with E-state index < -0.39 is 0 Å². The summed E-state index contributed by atoms with van der Waals surface area (Å²) in [6.07, 6.45) is 1.85. The zero-order chi connectivity index (χ0) is 17.7. The van der Waals surface area contributed by atoms with Crippen molar-refractivity contribution in [3.05, 3.63) is 47.5 Å². The van der Waals surface area contributed by atoms with Gasteiger partial charge in [-0.1, -0.05) is 72.4 Å². The second-order valence-electron chi connectivity index (χ2n) is 8.14. The van der Waals surface area contributed by atoms with E-state index >= 15 is 0 Å². The van der Waals surface area contributed by atoms with Crippen molar-refractivity contribution in [2.24, 2.45) is 10.8 Å². The van der Waals surface area contributed by atoms with Crippen LogP contribution >= 0.6 is 0 Å². The Labute approximate surface area is 142 Å². The molecule has 0 saturated heterocycles. The first-order chi connectivity index (χ1) is 10.6. The SMILES string of the molecule is C=Cc1cccc(C(OC)=C(COCC(C)(C)C)C(C)(C)C)c1. The maximum absolute atomic E-state index is 5.99. The van der Waals surface area contributed by atoms with Crippen LogP contribution in [0, 0.1) is 10.8 Å². The van der Waals surface area contributed by atoms with Crippen molar-refractivity contribution < 1.29 is 9.47 Å². The predicted octanol–water partition coefficient (Wildman–Crippen LogP) is 5.80. The molecule has 0 atom stereocenters. The van der Waals surface area contributed by atoms with Crippen molar-refractivity contribution in [2.75, 3.05) is 20.3 Å². The summed E-state index contributed by atoms with van der Waals surface area (Å²) in [7, 11) is 1.73. The van der Waals surface area contributed by atoms with Gasteiger partial charge in [0, 0.05) is 11.1 Å². The monoisotopic (exact) mass is 316 g/mol. The molecule has 0 bridgehead atoms. The molecule has 0 aliphatic rings. The zero-order valence-corrected chi connectivity index (χ0v) is 15.8. The van der Waals surface area contributed by atoms with E-state index in [2.05, 4.69) is 60.3 Å². The van der Waals surface area contributed by atoms with Crippen LogP contribution in [0.3, 0.4) is 0 Å². The summed E-state index contributed by atoms with van der Waals surface area (Å²) in [5.74, 6) is 0.898. The highest BCUT2D eigenvalue weighted by molar-refractivity contribution is 5.67. The molecule has 2 heteroatoms. The van der Waals surface area contributed by atoms with Crippen LogP contribution in [0.4, 0.5) is 0 Å². The molecule has 0 radical (unpaired) electrons. The Morgan fingerprint density at radius 2 is 1.78 bits per heavy atom. The lowest BCUT2D eigenvalue weighted by atomic mass is 9.84. The third-order valence-electron chi connectivity index (χ3n) is 3.55. The molecule has 2 nitrogen and oxygen atoms in total. The van der Waals surface area contributed by atoms with Gasteiger partial charge < -0.3 is 9.47 Å². The van der Waals surface area contributed by atoms with Crippen LogP contribution in [0.5, 0.6) is 0 Å². The highest BCUT2D eigenvalue weighted by Crippen LogP contribution is 2.34. The Morgan fingerprint density at radius 3 is 2.26 bits per heavy atom. The van der Waals surface area contributed by atoms with Gasteiger partial charge in [0.2, 0.25) is 0 Å². The van der Waals surface area contributed by atoms with Crippen molar-refractivity contribution in [1.82, 2.24) is 0 Å². The van der Waals surface area contributed by atoms with Gasteiger partial charge in [0.1, 0.15) is 5.76 Å². The molecule has 0 aromatic heterocycles. The summed E-state index contributed by atoms with van der Waals surface area (Å²) in [6, 6.07) is 8.24. The van der Waals surface area contributed by atoms with Gasteiger partial charge in [-0.25, -0.2) is 0 Å². The number of ether oxygens (including phenoxy) is 2. The first-order valence-electron chi connectivity index (χ1n) is 8.17. The van der Waals surface area contributed by atoms with Crippen molar-refractivity contribution in [2.45, 2.75) is 41.5 Å². The van der Waals surface area contributed by atoms with Crippen LogP contribution in [-0.2, 0) is 9.47 Å². The minimum atomic E-state index is -0.0343. The Hall–Kier alpha value is -1.54. The first-order valence-corrected chi connectivity index (χ1v) is 8.17. The van der Waals surface area contributed by atoms with Gasteiger partial charge >= 0.3 is 0 Å². The lowest BCUT2D eigenvalue weighted by molar-refractivity contribution is 0.0787. The molecule has 0 spiro atoms. The standard InChI is InChI=1S/C21H32O2/c1-9-16-11-10-12-17(13-16)19(22-8)18(21(5,6)7)14-23-15-20(2,3)4/h9-13H,1,14-15H2,2-8H3. The van der Waals surface area contributed by atoms with Crippen molar-refractivity contribution >= 4 is 11.8 Å². The molecular weight excluding hydrogens is 284 g/mol. The fraction of sp³-hybridized carbons (Fsp3) is 0.524. The number of rotatable bonds is 6. The van der Waals surface area contributed by atoms with E-state index in [0.717, 1.165) is 23.5 Å².